The molecular weight excluding hydrogens is 420 g/mol. The average molecular weight is 441 g/mol. The molecule has 0 aliphatic heterocycles. The molecule has 2 amide bonds. The largest absolute Gasteiger partial charge is 0.495 e. The number of hydrogen-bond acceptors (Lipinski definition) is 4. The van der Waals surface area contributed by atoms with Gasteiger partial charge >= 0.3 is 12.0 Å². The van der Waals surface area contributed by atoms with E-state index in [0.29, 0.717) is 11.4 Å². The number of rotatable bonds is 6. The number of aromatic nitrogens is 1. The number of benzene rings is 2. The number of para-hydroxylation sites is 2. The van der Waals surface area contributed by atoms with Crippen LogP contribution < -0.4 is 15.5 Å². The molecule has 1 heterocycles. The molecule has 0 atom stereocenters. The molecule has 0 radical (unpaired) electrons. The molecule has 0 bridgehead atoms. The average Bonchev–Trinajstić information content (AvgIpc) is 3.01. The van der Waals surface area contributed by atoms with Crippen molar-refractivity contribution in [2.75, 3.05) is 12.4 Å². The number of hydrogen-bond donors (Lipinski definition) is 3. The molecule has 2 aromatic carbocycles. The van der Waals surface area contributed by atoms with Crippen LogP contribution in [0.4, 0.5) is 10.5 Å². The van der Waals surface area contributed by atoms with Crippen molar-refractivity contribution in [2.45, 2.75) is 13.8 Å². The lowest BCUT2D eigenvalue weighted by molar-refractivity contribution is 0.0697. The number of nitrogens with zero attached hydrogens (tertiary/aromatic N) is 2. The number of aromatic carboxylic acids is 1. The van der Waals surface area contributed by atoms with Gasteiger partial charge in [0.15, 0.2) is 0 Å². The summed E-state index contributed by atoms with van der Waals surface area (Å²) in [5, 5.41) is 16.0. The molecule has 8 nitrogen and oxygen atoms in total. The molecule has 3 rings (SSSR count). The summed E-state index contributed by atoms with van der Waals surface area (Å²) < 4.78 is 7.12. The van der Waals surface area contributed by atoms with Crippen molar-refractivity contribution in [3.05, 3.63) is 76.1 Å². The van der Waals surface area contributed by atoms with Gasteiger partial charge in [-0.2, -0.15) is 5.10 Å². The topological polar surface area (TPSA) is 105 Å². The minimum absolute atomic E-state index is 0.0416. The predicted octanol–water partition coefficient (Wildman–Crippen LogP) is 4.61. The van der Waals surface area contributed by atoms with E-state index in [2.05, 4.69) is 15.8 Å². The van der Waals surface area contributed by atoms with Crippen molar-refractivity contribution in [3.63, 3.8) is 0 Å². The summed E-state index contributed by atoms with van der Waals surface area (Å²) in [6.45, 7) is 3.80. The van der Waals surface area contributed by atoms with Gasteiger partial charge in [-0.15, -0.1) is 0 Å². The van der Waals surface area contributed by atoms with Gasteiger partial charge in [-0.05, 0) is 50.2 Å². The number of halogens is 1. The summed E-state index contributed by atoms with van der Waals surface area (Å²) in [6.07, 6.45) is 1.54. The summed E-state index contributed by atoms with van der Waals surface area (Å²) in [4.78, 5) is 23.3. The van der Waals surface area contributed by atoms with Gasteiger partial charge in [0.25, 0.3) is 0 Å². The van der Waals surface area contributed by atoms with Crippen LogP contribution in [0.3, 0.4) is 0 Å². The van der Waals surface area contributed by atoms with E-state index in [-0.39, 0.29) is 10.6 Å². The van der Waals surface area contributed by atoms with E-state index in [1.165, 1.54) is 19.4 Å². The van der Waals surface area contributed by atoms with Gasteiger partial charge in [-0.3, -0.25) is 0 Å². The van der Waals surface area contributed by atoms with Gasteiger partial charge < -0.3 is 19.7 Å². The highest BCUT2D eigenvalue weighted by Crippen LogP contribution is 2.25. The van der Waals surface area contributed by atoms with Gasteiger partial charge in [0.2, 0.25) is 0 Å². The van der Waals surface area contributed by atoms with E-state index in [0.717, 1.165) is 22.6 Å². The Hall–Kier alpha value is -3.78. The van der Waals surface area contributed by atoms with E-state index < -0.39 is 12.0 Å². The Bertz CT molecular complexity index is 1170. The smallest absolute Gasteiger partial charge is 0.339 e. The number of anilines is 1. The second kappa shape index (κ2) is 9.36. The maximum atomic E-state index is 12.1. The lowest BCUT2D eigenvalue weighted by Gasteiger charge is -2.11. The molecule has 0 aliphatic carbocycles. The second-order valence-corrected chi connectivity index (χ2v) is 7.06. The number of aryl methyl sites for hydroxylation is 1. The highest BCUT2D eigenvalue weighted by Gasteiger charge is 2.14. The minimum atomic E-state index is -1.08. The van der Waals surface area contributed by atoms with Crippen LogP contribution in [0.2, 0.25) is 5.02 Å². The minimum Gasteiger partial charge on any atom is -0.495 e. The molecule has 0 spiro atoms. The van der Waals surface area contributed by atoms with Crippen LogP contribution >= 0.6 is 11.6 Å². The first kappa shape index (κ1) is 21.9. The maximum Gasteiger partial charge on any atom is 0.339 e. The summed E-state index contributed by atoms with van der Waals surface area (Å²) in [6, 6.07) is 13.2. The molecule has 0 saturated heterocycles. The number of nitrogens with one attached hydrogen (secondary N) is 2. The third-order valence-electron chi connectivity index (χ3n) is 4.64. The van der Waals surface area contributed by atoms with Crippen LogP contribution in [0.25, 0.3) is 5.69 Å². The Kier molecular flexibility index (Phi) is 6.61. The van der Waals surface area contributed by atoms with E-state index >= 15 is 0 Å². The molecule has 9 heteroatoms. The highest BCUT2D eigenvalue weighted by molar-refractivity contribution is 6.33. The van der Waals surface area contributed by atoms with E-state index in [1.807, 2.05) is 24.5 Å². The first-order valence-electron chi connectivity index (χ1n) is 9.27. The number of hydrazone groups is 1. The molecule has 3 aromatic rings. The SMILES string of the molecule is COc1ccccc1NC(=O)N/N=C/c1cc(C)n(-c2ccc(C(=O)O)c(Cl)c2)c1C. The molecule has 0 fully saturated rings. The second-order valence-electron chi connectivity index (χ2n) is 6.66. The fourth-order valence-electron chi connectivity index (χ4n) is 3.19. The number of carbonyl (C=O) groups is 2. The number of carboxylic acid groups (broad SMARTS) is 1. The standard InChI is InChI=1S/C22H21ClN4O4/c1-13-10-15(12-24-26-22(30)25-19-6-4-5-7-20(19)31-3)14(2)27(13)16-8-9-17(21(28)29)18(23)11-16/h4-12H,1-3H3,(H,28,29)(H2,25,26,30)/b24-12+. The van der Waals surface area contributed by atoms with Crippen molar-refractivity contribution in [1.29, 1.82) is 0 Å². The summed E-state index contributed by atoms with van der Waals surface area (Å²) in [5.41, 5.74) is 6.26. The fourth-order valence-corrected chi connectivity index (χ4v) is 3.45. The normalized spacial score (nSPS) is 10.8. The van der Waals surface area contributed by atoms with E-state index in [1.54, 1.807) is 36.4 Å². The summed E-state index contributed by atoms with van der Waals surface area (Å²) in [7, 11) is 1.52. The van der Waals surface area contributed by atoms with Crippen LogP contribution in [0.15, 0.2) is 53.6 Å². The molecule has 160 valence electrons. The van der Waals surface area contributed by atoms with Crippen molar-refractivity contribution < 1.29 is 19.4 Å². The quantitative estimate of drug-likeness (QED) is 0.384. The Labute approximate surface area is 184 Å². The van der Waals surface area contributed by atoms with Gasteiger partial charge in [0.05, 0.1) is 29.6 Å². The molecule has 0 aliphatic rings. The van der Waals surface area contributed by atoms with Crippen molar-refractivity contribution in [2.24, 2.45) is 5.10 Å². The molecule has 3 N–H and O–H groups in total. The number of methoxy groups -OCH3 is 1. The van der Waals surface area contributed by atoms with Gasteiger partial charge in [-0.1, -0.05) is 23.7 Å². The van der Waals surface area contributed by atoms with Crippen molar-refractivity contribution >= 4 is 35.5 Å². The highest BCUT2D eigenvalue weighted by atomic mass is 35.5. The van der Waals surface area contributed by atoms with Gasteiger partial charge in [0.1, 0.15) is 5.75 Å². The zero-order chi connectivity index (χ0) is 22.5. The van der Waals surface area contributed by atoms with Gasteiger partial charge in [-0.25, -0.2) is 15.0 Å². The van der Waals surface area contributed by atoms with Crippen LogP contribution in [0.1, 0.15) is 27.3 Å². The third-order valence-corrected chi connectivity index (χ3v) is 4.95. The van der Waals surface area contributed by atoms with Crippen molar-refractivity contribution in [1.82, 2.24) is 9.99 Å². The fraction of sp³-hybridized carbons (Fsp3) is 0.136. The zero-order valence-electron chi connectivity index (χ0n) is 17.1. The molecular formula is C22H21ClN4O4. The van der Waals surface area contributed by atoms with E-state index in [4.69, 9.17) is 21.4 Å². The summed E-state index contributed by atoms with van der Waals surface area (Å²) in [5.74, 6) is -0.541. The molecule has 0 saturated carbocycles. The first-order valence-corrected chi connectivity index (χ1v) is 9.65. The number of urea groups is 1. The monoisotopic (exact) mass is 440 g/mol. The number of ether oxygens (including phenoxy) is 1. The first-order chi connectivity index (χ1) is 14.8. The Morgan fingerprint density at radius 1 is 1.16 bits per heavy atom. The van der Waals surface area contributed by atoms with Crippen molar-refractivity contribution in [3.8, 4) is 11.4 Å². The predicted molar refractivity (Wildman–Crippen MR) is 120 cm³/mol. The van der Waals surface area contributed by atoms with Gasteiger partial charge in [0, 0.05) is 22.6 Å². The Morgan fingerprint density at radius 2 is 1.90 bits per heavy atom. The molecule has 31 heavy (non-hydrogen) atoms. The van der Waals surface area contributed by atoms with Crippen LogP contribution in [-0.4, -0.2) is 35.0 Å². The van der Waals surface area contributed by atoms with E-state index in [9.17, 15) is 9.59 Å². The van der Waals surface area contributed by atoms with Crippen LogP contribution in [0, 0.1) is 13.8 Å². The zero-order valence-corrected chi connectivity index (χ0v) is 17.9. The Morgan fingerprint density at radius 3 is 2.58 bits per heavy atom. The number of amides is 2. The molecule has 1 aromatic heterocycles. The molecule has 0 unspecified atom stereocenters. The lowest BCUT2D eigenvalue weighted by Crippen LogP contribution is -2.24. The van der Waals surface area contributed by atoms with Crippen LogP contribution in [-0.2, 0) is 0 Å². The number of carboxylic acids is 1. The third kappa shape index (κ3) is 4.87. The maximum absolute atomic E-state index is 12.1. The lowest BCUT2D eigenvalue weighted by atomic mass is 10.2. The number of carbonyl (C=O) groups excluding carboxylic acids is 1. The summed E-state index contributed by atoms with van der Waals surface area (Å²) >= 11 is 6.11. The van der Waals surface area contributed by atoms with Crippen LogP contribution in [0.5, 0.6) is 5.75 Å². The Balaban J connectivity index is 1.75.